The van der Waals surface area contributed by atoms with Gasteiger partial charge in [-0.3, -0.25) is 0 Å². The third-order valence-corrected chi connectivity index (χ3v) is 3.58. The van der Waals surface area contributed by atoms with Crippen molar-refractivity contribution in [2.75, 3.05) is 0 Å². The maximum Gasteiger partial charge on any atom is 0.106 e. The molecule has 98 valence electrons. The molecule has 0 bridgehead atoms. The van der Waals surface area contributed by atoms with Crippen LogP contribution in [-0.4, -0.2) is 4.99 Å². The molecule has 2 aromatic rings. The first-order chi connectivity index (χ1) is 9.19. The maximum atomic E-state index is 5.41. The lowest BCUT2D eigenvalue weighted by molar-refractivity contribution is 0.927. The molecule has 0 aromatic heterocycles. The maximum absolute atomic E-state index is 5.41. The third kappa shape index (κ3) is 3.90. The molecule has 0 atom stereocenters. The predicted octanol–water partition coefficient (Wildman–Crippen LogP) is 4.02. The zero-order chi connectivity index (χ0) is 13.7. The minimum atomic E-state index is 0.772. The number of benzene rings is 2. The summed E-state index contributed by atoms with van der Waals surface area (Å²) in [7, 11) is 0. The summed E-state index contributed by atoms with van der Waals surface area (Å²) in [6.45, 7) is 5.02. The summed E-state index contributed by atoms with van der Waals surface area (Å²) >= 11 is 5.41. The molecule has 1 nitrogen and oxygen atoms in total. The van der Waals surface area contributed by atoms with Gasteiger partial charge in [-0.2, -0.15) is 0 Å². The fraction of sp³-hybridized carbons (Fsp3) is 0.235. The molecule has 0 spiro atoms. The molecule has 0 amide bonds. The van der Waals surface area contributed by atoms with Gasteiger partial charge in [-0.1, -0.05) is 73.2 Å². The molecule has 2 rings (SSSR count). The monoisotopic (exact) mass is 269 g/mol. The van der Waals surface area contributed by atoms with E-state index in [2.05, 4.69) is 67.7 Å². The smallest absolute Gasteiger partial charge is 0.106 e. The van der Waals surface area contributed by atoms with E-state index in [1.807, 2.05) is 0 Å². The van der Waals surface area contributed by atoms with Gasteiger partial charge in [0, 0.05) is 12.1 Å². The molecule has 1 N–H and O–H groups in total. The molecule has 0 fully saturated rings. The number of hydrogen-bond donors (Lipinski definition) is 1. The van der Waals surface area contributed by atoms with E-state index < -0.39 is 0 Å². The number of aryl methyl sites for hydroxylation is 2. The van der Waals surface area contributed by atoms with Crippen molar-refractivity contribution < 1.29 is 0 Å². The molecule has 19 heavy (non-hydrogen) atoms. The second-order valence-electron chi connectivity index (χ2n) is 4.72. The zero-order valence-electron chi connectivity index (χ0n) is 11.4. The molecule has 2 aromatic carbocycles. The molecular weight excluding hydrogens is 250 g/mol. The first-order valence-corrected chi connectivity index (χ1v) is 7.02. The first kappa shape index (κ1) is 13.8. The van der Waals surface area contributed by atoms with Crippen LogP contribution in [0.4, 0.5) is 0 Å². The van der Waals surface area contributed by atoms with Crippen LogP contribution in [0.2, 0.25) is 0 Å². The van der Waals surface area contributed by atoms with Crippen molar-refractivity contribution in [3.63, 3.8) is 0 Å². The fourth-order valence-corrected chi connectivity index (χ4v) is 2.09. The van der Waals surface area contributed by atoms with Gasteiger partial charge < -0.3 is 5.32 Å². The molecule has 2 heteroatoms. The molecular formula is C17H19NS. The van der Waals surface area contributed by atoms with Gasteiger partial charge in [-0.25, -0.2) is 0 Å². The van der Waals surface area contributed by atoms with Crippen LogP contribution in [0.3, 0.4) is 0 Å². The van der Waals surface area contributed by atoms with Crippen LogP contribution >= 0.6 is 12.2 Å². The molecule has 0 radical (unpaired) electrons. The Morgan fingerprint density at radius 1 is 0.947 bits per heavy atom. The Labute approximate surface area is 120 Å². The average Bonchev–Trinajstić information content (AvgIpc) is 2.46. The van der Waals surface area contributed by atoms with Crippen molar-refractivity contribution in [3.05, 3.63) is 70.8 Å². The summed E-state index contributed by atoms with van der Waals surface area (Å²) < 4.78 is 0. The van der Waals surface area contributed by atoms with Gasteiger partial charge >= 0.3 is 0 Å². The van der Waals surface area contributed by atoms with Crippen LogP contribution < -0.4 is 5.32 Å². The summed E-state index contributed by atoms with van der Waals surface area (Å²) in [6.07, 6.45) is 1.06. The summed E-state index contributed by atoms with van der Waals surface area (Å²) in [4.78, 5) is 0.809. The summed E-state index contributed by atoms with van der Waals surface area (Å²) in [5.41, 5.74) is 4.95. The van der Waals surface area contributed by atoms with Crippen LogP contribution in [0.5, 0.6) is 0 Å². The Hall–Kier alpha value is -1.67. The van der Waals surface area contributed by atoms with Crippen LogP contribution in [0, 0.1) is 6.92 Å². The molecule has 0 aliphatic rings. The molecule has 0 heterocycles. The van der Waals surface area contributed by atoms with Gasteiger partial charge in [0.15, 0.2) is 0 Å². The Balaban J connectivity index is 1.95. The topological polar surface area (TPSA) is 12.0 Å². The van der Waals surface area contributed by atoms with E-state index in [0.29, 0.717) is 0 Å². The van der Waals surface area contributed by atoms with E-state index in [0.717, 1.165) is 23.5 Å². The lowest BCUT2D eigenvalue weighted by atomic mass is 10.1. The number of thiocarbonyl (C=S) groups is 1. The first-order valence-electron chi connectivity index (χ1n) is 6.61. The highest BCUT2D eigenvalue weighted by atomic mass is 32.1. The Morgan fingerprint density at radius 3 is 2.11 bits per heavy atom. The Morgan fingerprint density at radius 2 is 1.53 bits per heavy atom. The van der Waals surface area contributed by atoms with Gasteiger partial charge in [0.05, 0.1) is 0 Å². The van der Waals surface area contributed by atoms with Crippen molar-refractivity contribution in [1.82, 2.24) is 5.32 Å². The largest absolute Gasteiger partial charge is 0.372 e. The van der Waals surface area contributed by atoms with Gasteiger partial charge in [0.25, 0.3) is 0 Å². The summed E-state index contributed by atoms with van der Waals surface area (Å²) in [5, 5.41) is 3.30. The SMILES string of the molecule is CCc1ccc(C(=S)NCc2ccc(C)cc2)cc1. The molecule has 0 saturated carbocycles. The molecule has 0 saturated heterocycles. The highest BCUT2D eigenvalue weighted by Gasteiger charge is 2.01. The van der Waals surface area contributed by atoms with Gasteiger partial charge in [-0.05, 0) is 24.5 Å². The normalized spacial score (nSPS) is 10.2. The lowest BCUT2D eigenvalue weighted by Gasteiger charge is -2.09. The minimum Gasteiger partial charge on any atom is -0.372 e. The number of hydrogen-bond acceptors (Lipinski definition) is 1. The van der Waals surface area contributed by atoms with E-state index in [9.17, 15) is 0 Å². The van der Waals surface area contributed by atoms with E-state index in [-0.39, 0.29) is 0 Å². The van der Waals surface area contributed by atoms with Crippen LogP contribution in [0.1, 0.15) is 29.2 Å². The van der Waals surface area contributed by atoms with Crippen LogP contribution in [0.15, 0.2) is 48.5 Å². The fourth-order valence-electron chi connectivity index (χ4n) is 1.88. The van der Waals surface area contributed by atoms with E-state index >= 15 is 0 Å². The number of rotatable bonds is 4. The highest BCUT2D eigenvalue weighted by molar-refractivity contribution is 7.80. The van der Waals surface area contributed by atoms with Crippen LogP contribution in [0.25, 0.3) is 0 Å². The van der Waals surface area contributed by atoms with Gasteiger partial charge in [0.1, 0.15) is 4.99 Å². The quantitative estimate of drug-likeness (QED) is 0.841. The van der Waals surface area contributed by atoms with Crippen molar-refractivity contribution >= 4 is 17.2 Å². The second kappa shape index (κ2) is 6.48. The van der Waals surface area contributed by atoms with E-state index in [1.54, 1.807) is 0 Å². The van der Waals surface area contributed by atoms with Crippen LogP contribution in [-0.2, 0) is 13.0 Å². The molecule has 0 aliphatic heterocycles. The standard InChI is InChI=1S/C17H19NS/c1-3-14-8-10-16(11-9-14)17(19)18-12-15-6-4-13(2)5-7-15/h4-11H,3,12H2,1-2H3,(H,18,19). The Bertz CT molecular complexity index is 540. The zero-order valence-corrected chi connectivity index (χ0v) is 12.3. The number of nitrogens with one attached hydrogen (secondary N) is 1. The van der Waals surface area contributed by atoms with Crippen molar-refractivity contribution in [2.24, 2.45) is 0 Å². The van der Waals surface area contributed by atoms with Gasteiger partial charge in [0.2, 0.25) is 0 Å². The molecule has 0 aliphatic carbocycles. The van der Waals surface area contributed by atoms with E-state index in [4.69, 9.17) is 12.2 Å². The van der Waals surface area contributed by atoms with Crippen molar-refractivity contribution in [2.45, 2.75) is 26.8 Å². The summed E-state index contributed by atoms with van der Waals surface area (Å²) in [6, 6.07) is 16.9. The van der Waals surface area contributed by atoms with E-state index in [1.165, 1.54) is 16.7 Å². The van der Waals surface area contributed by atoms with Crippen molar-refractivity contribution in [3.8, 4) is 0 Å². The third-order valence-electron chi connectivity index (χ3n) is 3.20. The Kier molecular flexibility index (Phi) is 4.69. The molecule has 0 unspecified atom stereocenters. The predicted molar refractivity (Wildman–Crippen MR) is 85.5 cm³/mol. The van der Waals surface area contributed by atoms with Crippen molar-refractivity contribution in [1.29, 1.82) is 0 Å². The summed E-state index contributed by atoms with van der Waals surface area (Å²) in [5.74, 6) is 0. The second-order valence-corrected chi connectivity index (χ2v) is 5.13. The minimum absolute atomic E-state index is 0.772. The average molecular weight is 269 g/mol. The van der Waals surface area contributed by atoms with Gasteiger partial charge in [-0.15, -0.1) is 0 Å². The highest BCUT2D eigenvalue weighted by Crippen LogP contribution is 2.07. The lowest BCUT2D eigenvalue weighted by Crippen LogP contribution is -2.21.